The van der Waals surface area contributed by atoms with Crippen LogP contribution in [0.5, 0.6) is 11.5 Å². The number of nitrogens with zero attached hydrogens (tertiary/aromatic N) is 2. The van der Waals surface area contributed by atoms with Gasteiger partial charge in [0.05, 0.1) is 0 Å². The Morgan fingerprint density at radius 2 is 1.90 bits per heavy atom. The highest BCUT2D eigenvalue weighted by Gasteiger charge is 2.11. The first-order chi connectivity index (χ1) is 10.1. The molecule has 0 spiro atoms. The van der Waals surface area contributed by atoms with Gasteiger partial charge in [-0.05, 0) is 35.9 Å². The van der Waals surface area contributed by atoms with Crippen LogP contribution in [0.25, 0.3) is 11.5 Å². The lowest BCUT2D eigenvalue weighted by Crippen LogP contribution is -1.90. The number of hydrogen-bond donors (Lipinski definition) is 2. The predicted molar refractivity (Wildman–Crippen MR) is 80.0 cm³/mol. The van der Waals surface area contributed by atoms with Crippen molar-refractivity contribution in [2.24, 2.45) is 0 Å². The number of halogens is 1. The lowest BCUT2D eigenvalue weighted by molar-refractivity contribution is 0.402. The Balaban J connectivity index is 1.84. The second-order valence-corrected chi connectivity index (χ2v) is 5.44. The van der Waals surface area contributed by atoms with Crippen molar-refractivity contribution in [2.45, 2.75) is 6.42 Å². The summed E-state index contributed by atoms with van der Waals surface area (Å²) in [6.07, 6.45) is 0.549. The zero-order chi connectivity index (χ0) is 14.8. The molecule has 0 amide bonds. The van der Waals surface area contributed by atoms with Crippen molar-refractivity contribution in [1.29, 1.82) is 0 Å². The highest BCUT2D eigenvalue weighted by Crippen LogP contribution is 2.29. The van der Waals surface area contributed by atoms with Crippen molar-refractivity contribution < 1.29 is 14.7 Å². The third-order valence-corrected chi connectivity index (χ3v) is 3.43. The summed E-state index contributed by atoms with van der Waals surface area (Å²) in [5.74, 6) is 0.442. The summed E-state index contributed by atoms with van der Waals surface area (Å²) in [6.45, 7) is 0. The van der Waals surface area contributed by atoms with Crippen molar-refractivity contribution in [3.63, 3.8) is 0 Å². The summed E-state index contributed by atoms with van der Waals surface area (Å²) >= 11 is 3.42. The van der Waals surface area contributed by atoms with E-state index in [4.69, 9.17) is 4.52 Å². The minimum Gasteiger partial charge on any atom is -0.504 e. The van der Waals surface area contributed by atoms with Crippen LogP contribution in [0, 0.1) is 0 Å². The van der Waals surface area contributed by atoms with Crippen molar-refractivity contribution in [3.05, 3.63) is 58.3 Å². The number of aromatic nitrogens is 2. The fraction of sp³-hybridized carbons (Fsp3) is 0.0667. The lowest BCUT2D eigenvalue weighted by atomic mass is 10.1. The number of phenols is 2. The first-order valence-corrected chi connectivity index (χ1v) is 7.00. The van der Waals surface area contributed by atoms with Gasteiger partial charge in [-0.2, -0.15) is 4.98 Å². The van der Waals surface area contributed by atoms with Crippen LogP contribution in [-0.2, 0) is 6.42 Å². The fourth-order valence-corrected chi connectivity index (χ4v) is 2.38. The Morgan fingerprint density at radius 3 is 2.67 bits per heavy atom. The van der Waals surface area contributed by atoms with Crippen LogP contribution in [0.4, 0.5) is 0 Å². The van der Waals surface area contributed by atoms with Crippen LogP contribution in [-0.4, -0.2) is 20.4 Å². The topological polar surface area (TPSA) is 79.4 Å². The maximum absolute atomic E-state index is 9.49. The van der Waals surface area contributed by atoms with Gasteiger partial charge < -0.3 is 14.7 Å². The van der Waals surface area contributed by atoms with Crippen molar-refractivity contribution in [1.82, 2.24) is 10.1 Å². The van der Waals surface area contributed by atoms with E-state index in [-0.39, 0.29) is 11.5 Å². The SMILES string of the molecule is Oc1ccc(-c2nc(Cc3cccc(Br)c3)no2)cc1O. The molecule has 5 nitrogen and oxygen atoms in total. The number of rotatable bonds is 3. The molecule has 0 aliphatic rings. The van der Waals surface area contributed by atoms with Gasteiger partial charge in [-0.25, -0.2) is 0 Å². The van der Waals surface area contributed by atoms with E-state index in [1.807, 2.05) is 24.3 Å². The Morgan fingerprint density at radius 1 is 1.05 bits per heavy atom. The van der Waals surface area contributed by atoms with Crippen LogP contribution in [0.2, 0.25) is 0 Å². The van der Waals surface area contributed by atoms with Crippen molar-refractivity contribution in [3.8, 4) is 23.0 Å². The molecule has 0 fully saturated rings. The molecular formula is C15H11BrN2O3. The van der Waals surface area contributed by atoms with E-state index in [0.29, 0.717) is 23.7 Å². The zero-order valence-corrected chi connectivity index (χ0v) is 12.4. The molecule has 2 N–H and O–H groups in total. The molecule has 1 heterocycles. The molecule has 2 aromatic carbocycles. The number of hydrogen-bond acceptors (Lipinski definition) is 5. The number of aromatic hydroxyl groups is 2. The maximum Gasteiger partial charge on any atom is 0.258 e. The van der Waals surface area contributed by atoms with Crippen molar-refractivity contribution >= 4 is 15.9 Å². The van der Waals surface area contributed by atoms with E-state index in [0.717, 1.165) is 10.0 Å². The minimum atomic E-state index is -0.223. The van der Waals surface area contributed by atoms with Crippen LogP contribution in [0.15, 0.2) is 51.5 Å². The van der Waals surface area contributed by atoms with Gasteiger partial charge in [-0.15, -0.1) is 0 Å². The molecule has 0 aliphatic carbocycles. The second kappa shape index (κ2) is 5.57. The van der Waals surface area contributed by atoms with Crippen LogP contribution < -0.4 is 0 Å². The monoisotopic (exact) mass is 346 g/mol. The zero-order valence-electron chi connectivity index (χ0n) is 10.8. The summed E-state index contributed by atoms with van der Waals surface area (Å²) in [5, 5.41) is 22.7. The van der Waals surface area contributed by atoms with E-state index in [1.165, 1.54) is 12.1 Å². The van der Waals surface area contributed by atoms with Crippen LogP contribution >= 0.6 is 15.9 Å². The summed E-state index contributed by atoms with van der Waals surface area (Å²) in [5.41, 5.74) is 1.61. The average molecular weight is 347 g/mol. The van der Waals surface area contributed by atoms with Gasteiger partial charge in [0.25, 0.3) is 5.89 Å². The molecule has 0 saturated heterocycles. The van der Waals surface area contributed by atoms with E-state index >= 15 is 0 Å². The van der Waals surface area contributed by atoms with Gasteiger partial charge in [0.15, 0.2) is 17.3 Å². The summed E-state index contributed by atoms with van der Waals surface area (Å²) in [7, 11) is 0. The smallest absolute Gasteiger partial charge is 0.258 e. The maximum atomic E-state index is 9.49. The molecule has 21 heavy (non-hydrogen) atoms. The van der Waals surface area contributed by atoms with E-state index in [9.17, 15) is 10.2 Å². The minimum absolute atomic E-state index is 0.187. The Kier molecular flexibility index (Phi) is 3.62. The average Bonchev–Trinajstić information content (AvgIpc) is 2.90. The standard InChI is InChI=1S/C15H11BrN2O3/c16-11-3-1-2-9(6-11)7-14-17-15(21-18-14)10-4-5-12(19)13(20)8-10/h1-6,8,19-20H,7H2. The largest absolute Gasteiger partial charge is 0.504 e. The van der Waals surface area contributed by atoms with Gasteiger partial charge in [-0.1, -0.05) is 33.2 Å². The van der Waals surface area contributed by atoms with E-state index < -0.39 is 0 Å². The Bertz CT molecular complexity index is 786. The molecule has 106 valence electrons. The van der Waals surface area contributed by atoms with Crippen LogP contribution in [0.1, 0.15) is 11.4 Å². The fourth-order valence-electron chi connectivity index (χ4n) is 1.93. The molecule has 3 rings (SSSR count). The lowest BCUT2D eigenvalue weighted by Gasteiger charge is -1.98. The molecule has 0 atom stereocenters. The first kappa shape index (κ1) is 13.6. The first-order valence-electron chi connectivity index (χ1n) is 6.21. The molecule has 1 aromatic heterocycles. The molecule has 0 radical (unpaired) electrons. The Hall–Kier alpha value is -2.34. The van der Waals surface area contributed by atoms with Gasteiger partial charge in [-0.3, -0.25) is 0 Å². The van der Waals surface area contributed by atoms with E-state index in [2.05, 4.69) is 26.1 Å². The second-order valence-electron chi connectivity index (χ2n) is 4.53. The van der Waals surface area contributed by atoms with E-state index in [1.54, 1.807) is 6.07 Å². The number of benzene rings is 2. The molecule has 0 unspecified atom stereocenters. The predicted octanol–water partition coefficient (Wildman–Crippen LogP) is 3.50. The molecule has 6 heteroatoms. The molecule has 0 aliphatic heterocycles. The van der Waals surface area contributed by atoms with Crippen LogP contribution in [0.3, 0.4) is 0 Å². The third kappa shape index (κ3) is 3.05. The summed E-state index contributed by atoms with van der Waals surface area (Å²) in [6, 6.07) is 12.2. The van der Waals surface area contributed by atoms with Gasteiger partial charge in [0.1, 0.15) is 0 Å². The van der Waals surface area contributed by atoms with Gasteiger partial charge >= 0.3 is 0 Å². The molecular weight excluding hydrogens is 336 g/mol. The number of phenolic OH excluding ortho intramolecular Hbond substituents is 2. The molecule has 0 saturated carbocycles. The summed E-state index contributed by atoms with van der Waals surface area (Å²) < 4.78 is 6.18. The molecule has 0 bridgehead atoms. The van der Waals surface area contributed by atoms with Crippen molar-refractivity contribution in [2.75, 3.05) is 0 Å². The highest BCUT2D eigenvalue weighted by atomic mass is 79.9. The Labute approximate surface area is 129 Å². The molecule has 3 aromatic rings. The normalized spacial score (nSPS) is 10.7. The summed E-state index contributed by atoms with van der Waals surface area (Å²) in [4.78, 5) is 4.29. The third-order valence-electron chi connectivity index (χ3n) is 2.94. The quantitative estimate of drug-likeness (QED) is 0.709. The highest BCUT2D eigenvalue weighted by molar-refractivity contribution is 9.10. The van der Waals surface area contributed by atoms with Gasteiger partial charge in [0.2, 0.25) is 0 Å². The van der Waals surface area contributed by atoms with Gasteiger partial charge in [0, 0.05) is 16.5 Å².